The maximum atomic E-state index is 12.3. The monoisotopic (exact) mass is 370 g/mol. The van der Waals surface area contributed by atoms with Crippen molar-refractivity contribution in [3.63, 3.8) is 0 Å². The number of benzene rings is 2. The van der Waals surface area contributed by atoms with Gasteiger partial charge in [0.1, 0.15) is 5.75 Å². The van der Waals surface area contributed by atoms with Crippen LogP contribution in [-0.4, -0.2) is 42.6 Å². The molecule has 142 valence electrons. The van der Waals surface area contributed by atoms with Gasteiger partial charge in [-0.2, -0.15) is 0 Å². The van der Waals surface area contributed by atoms with Crippen LogP contribution in [0.25, 0.3) is 0 Å². The highest BCUT2D eigenvalue weighted by Gasteiger charge is 2.13. The number of ether oxygens (including phenoxy) is 1. The van der Waals surface area contributed by atoms with E-state index in [4.69, 9.17) is 9.84 Å². The largest absolute Gasteiger partial charge is 0.481 e. The normalized spacial score (nSPS) is 10.1. The van der Waals surface area contributed by atoms with Crippen LogP contribution in [0.2, 0.25) is 0 Å². The number of amides is 2. The molecule has 2 rings (SSSR count). The Balaban J connectivity index is 1.87. The topological polar surface area (TPSA) is 105 Å². The lowest BCUT2D eigenvalue weighted by Crippen LogP contribution is -2.34. The summed E-state index contributed by atoms with van der Waals surface area (Å²) in [5.74, 6) is -1.08. The molecule has 7 heteroatoms. The first-order chi connectivity index (χ1) is 12.9. The molecule has 0 heterocycles. The van der Waals surface area contributed by atoms with Crippen LogP contribution in [0.4, 0.5) is 0 Å². The van der Waals surface area contributed by atoms with Gasteiger partial charge in [-0.05, 0) is 49.2 Å². The minimum atomic E-state index is -1.06. The van der Waals surface area contributed by atoms with E-state index in [0.717, 1.165) is 0 Å². The fraction of sp³-hybridized carbons (Fsp3) is 0.250. The molecule has 0 aliphatic rings. The molecule has 0 aliphatic carbocycles. The van der Waals surface area contributed by atoms with Gasteiger partial charge in [-0.15, -0.1) is 0 Å². The molecule has 0 spiro atoms. The number of aryl methyl sites for hydroxylation is 2. The highest BCUT2D eigenvalue weighted by Crippen LogP contribution is 2.24. The van der Waals surface area contributed by atoms with Crippen molar-refractivity contribution < 1.29 is 24.2 Å². The number of hydrogen-bond acceptors (Lipinski definition) is 4. The summed E-state index contributed by atoms with van der Waals surface area (Å²) in [6, 6.07) is 12.1. The van der Waals surface area contributed by atoms with E-state index in [1.807, 2.05) is 6.07 Å². The van der Waals surface area contributed by atoms with Crippen molar-refractivity contribution in [1.29, 1.82) is 0 Å². The van der Waals surface area contributed by atoms with Gasteiger partial charge in [0.2, 0.25) is 0 Å². The summed E-state index contributed by atoms with van der Waals surface area (Å²) in [7, 11) is 0. The summed E-state index contributed by atoms with van der Waals surface area (Å²) in [6.45, 7) is 3.65. The zero-order chi connectivity index (χ0) is 19.8. The molecule has 0 fully saturated rings. The van der Waals surface area contributed by atoms with Gasteiger partial charge in [0, 0.05) is 24.2 Å². The SMILES string of the molecule is Cc1cc(C(=O)NCCNC(=O)c2ccccc2)cc(C)c1OCC(=O)O. The smallest absolute Gasteiger partial charge is 0.341 e. The van der Waals surface area contributed by atoms with Crippen LogP contribution in [-0.2, 0) is 4.79 Å². The second-order valence-corrected chi connectivity index (χ2v) is 6.00. The molecule has 27 heavy (non-hydrogen) atoms. The fourth-order valence-corrected chi connectivity index (χ4v) is 2.59. The highest BCUT2D eigenvalue weighted by atomic mass is 16.5. The van der Waals surface area contributed by atoms with Crippen LogP contribution in [0.1, 0.15) is 31.8 Å². The molecular weight excluding hydrogens is 348 g/mol. The molecule has 0 unspecified atom stereocenters. The lowest BCUT2D eigenvalue weighted by atomic mass is 10.1. The summed E-state index contributed by atoms with van der Waals surface area (Å²) in [5.41, 5.74) is 2.37. The number of carbonyl (C=O) groups excluding carboxylic acids is 2. The predicted molar refractivity (Wildman–Crippen MR) is 100 cm³/mol. The van der Waals surface area contributed by atoms with Gasteiger partial charge in [-0.3, -0.25) is 9.59 Å². The van der Waals surface area contributed by atoms with Gasteiger partial charge in [0.25, 0.3) is 11.8 Å². The summed E-state index contributed by atoms with van der Waals surface area (Å²) >= 11 is 0. The van der Waals surface area contributed by atoms with E-state index in [2.05, 4.69) is 10.6 Å². The Hall–Kier alpha value is -3.35. The van der Waals surface area contributed by atoms with Gasteiger partial charge < -0.3 is 20.5 Å². The summed E-state index contributed by atoms with van der Waals surface area (Å²) in [6.07, 6.45) is 0. The number of carboxylic acids is 1. The summed E-state index contributed by atoms with van der Waals surface area (Å²) in [5, 5.41) is 14.2. The second-order valence-electron chi connectivity index (χ2n) is 6.00. The van der Waals surface area contributed by atoms with Crippen molar-refractivity contribution >= 4 is 17.8 Å². The number of hydrogen-bond donors (Lipinski definition) is 3. The molecule has 7 nitrogen and oxygen atoms in total. The van der Waals surface area contributed by atoms with Gasteiger partial charge >= 0.3 is 5.97 Å². The Labute approximate surface area is 157 Å². The van der Waals surface area contributed by atoms with Crippen LogP contribution < -0.4 is 15.4 Å². The first-order valence-electron chi connectivity index (χ1n) is 8.45. The predicted octanol–water partition coefficient (Wildman–Crippen LogP) is 1.93. The molecule has 0 aliphatic heterocycles. The van der Waals surface area contributed by atoms with E-state index >= 15 is 0 Å². The average molecular weight is 370 g/mol. The number of aliphatic carboxylic acids is 1. The fourth-order valence-electron chi connectivity index (χ4n) is 2.59. The lowest BCUT2D eigenvalue weighted by molar-refractivity contribution is -0.139. The van der Waals surface area contributed by atoms with Gasteiger partial charge in [-0.1, -0.05) is 18.2 Å². The van der Waals surface area contributed by atoms with Crippen LogP contribution in [0.15, 0.2) is 42.5 Å². The van der Waals surface area contributed by atoms with Crippen LogP contribution in [0, 0.1) is 13.8 Å². The molecule has 0 saturated heterocycles. The zero-order valence-electron chi connectivity index (χ0n) is 15.2. The van der Waals surface area contributed by atoms with Gasteiger partial charge in [-0.25, -0.2) is 4.79 Å². The first kappa shape index (κ1) is 20.0. The minimum absolute atomic E-state index is 0.198. The molecular formula is C20H22N2O5. The van der Waals surface area contributed by atoms with Crippen LogP contribution in [0.3, 0.4) is 0 Å². The third-order valence-corrected chi connectivity index (χ3v) is 3.79. The molecule has 2 aromatic rings. The molecule has 0 aromatic heterocycles. The maximum Gasteiger partial charge on any atom is 0.341 e. The van der Waals surface area contributed by atoms with Gasteiger partial charge in [0.15, 0.2) is 6.61 Å². The Morgan fingerprint density at radius 2 is 1.41 bits per heavy atom. The number of carbonyl (C=O) groups is 3. The van der Waals surface area contributed by atoms with E-state index in [1.54, 1.807) is 50.2 Å². The standard InChI is InChI=1S/C20H22N2O5/c1-13-10-16(11-14(2)18(13)27-12-17(23)24)20(26)22-9-8-21-19(25)15-6-4-3-5-7-15/h3-7,10-11H,8-9,12H2,1-2H3,(H,21,25)(H,22,26)(H,23,24). The van der Waals surface area contributed by atoms with E-state index in [1.165, 1.54) is 0 Å². The van der Waals surface area contributed by atoms with E-state index in [-0.39, 0.29) is 18.4 Å². The van der Waals surface area contributed by atoms with Crippen LogP contribution >= 0.6 is 0 Å². The zero-order valence-corrected chi connectivity index (χ0v) is 15.2. The Bertz CT molecular complexity index is 811. The van der Waals surface area contributed by atoms with Crippen LogP contribution in [0.5, 0.6) is 5.75 Å². The Morgan fingerprint density at radius 3 is 1.93 bits per heavy atom. The van der Waals surface area contributed by atoms with Crippen molar-refractivity contribution in [3.05, 3.63) is 64.7 Å². The Morgan fingerprint density at radius 1 is 0.889 bits per heavy atom. The third-order valence-electron chi connectivity index (χ3n) is 3.79. The third kappa shape index (κ3) is 5.85. The molecule has 0 atom stereocenters. The minimum Gasteiger partial charge on any atom is -0.481 e. The quantitative estimate of drug-likeness (QED) is 0.616. The number of rotatable bonds is 8. The molecule has 0 bridgehead atoms. The number of carboxylic acid groups (broad SMARTS) is 1. The molecule has 3 N–H and O–H groups in total. The first-order valence-corrected chi connectivity index (χ1v) is 8.45. The van der Waals surface area contributed by atoms with Crippen molar-refractivity contribution in [2.24, 2.45) is 0 Å². The highest BCUT2D eigenvalue weighted by molar-refractivity contribution is 5.95. The maximum absolute atomic E-state index is 12.3. The van der Waals surface area contributed by atoms with E-state index in [0.29, 0.717) is 34.5 Å². The molecule has 0 saturated carbocycles. The molecule has 2 aromatic carbocycles. The van der Waals surface area contributed by atoms with E-state index < -0.39 is 12.6 Å². The van der Waals surface area contributed by atoms with E-state index in [9.17, 15) is 14.4 Å². The van der Waals surface area contributed by atoms with Crippen molar-refractivity contribution in [1.82, 2.24) is 10.6 Å². The molecule has 2 amide bonds. The van der Waals surface area contributed by atoms with Gasteiger partial charge in [0.05, 0.1) is 0 Å². The van der Waals surface area contributed by atoms with Crippen molar-refractivity contribution in [3.8, 4) is 5.75 Å². The van der Waals surface area contributed by atoms with Crippen molar-refractivity contribution in [2.45, 2.75) is 13.8 Å². The lowest BCUT2D eigenvalue weighted by Gasteiger charge is -2.13. The number of nitrogens with one attached hydrogen (secondary N) is 2. The molecule has 0 radical (unpaired) electrons. The van der Waals surface area contributed by atoms with Crippen molar-refractivity contribution in [2.75, 3.05) is 19.7 Å². The second kappa shape index (κ2) is 9.38. The Kier molecular flexibility index (Phi) is 6.93. The average Bonchev–Trinajstić information content (AvgIpc) is 2.64. The summed E-state index contributed by atoms with van der Waals surface area (Å²) in [4.78, 5) is 34.8. The summed E-state index contributed by atoms with van der Waals surface area (Å²) < 4.78 is 5.25.